The Morgan fingerprint density at radius 3 is 2.68 bits per heavy atom. The maximum atomic E-state index is 5.20. The van der Waals surface area contributed by atoms with Crippen LogP contribution in [0, 0.1) is 6.92 Å². The Kier molecular flexibility index (Phi) is 5.91. The van der Waals surface area contributed by atoms with E-state index in [1.165, 1.54) is 11.3 Å². The van der Waals surface area contributed by atoms with Gasteiger partial charge in [-0.2, -0.15) is 4.98 Å². The topological polar surface area (TPSA) is 57.4 Å². The standard InChI is InChI=1S/C19H29N5O/c1-15(2)18-21-19(25-22-18)20-8-5-9-23-10-12-24(13-11-23)17-7-4-6-16(3)14-17/h4,6-7,14-15H,5,8-13H2,1-3H3,(H,20,21,22). The zero-order valence-electron chi connectivity index (χ0n) is 15.5. The van der Waals surface area contributed by atoms with Crippen LogP contribution < -0.4 is 10.2 Å². The largest absolute Gasteiger partial charge is 0.369 e. The minimum Gasteiger partial charge on any atom is -0.369 e. The normalized spacial score (nSPS) is 15.8. The van der Waals surface area contributed by atoms with Crippen LogP contribution in [0.1, 0.15) is 37.6 Å². The van der Waals surface area contributed by atoms with E-state index in [1.807, 2.05) is 0 Å². The Hall–Kier alpha value is -2.08. The van der Waals surface area contributed by atoms with Crippen LogP contribution in [-0.2, 0) is 0 Å². The van der Waals surface area contributed by atoms with Crippen molar-refractivity contribution in [1.82, 2.24) is 15.0 Å². The van der Waals surface area contributed by atoms with Crippen LogP contribution in [0.5, 0.6) is 0 Å². The first-order valence-electron chi connectivity index (χ1n) is 9.23. The first-order valence-corrected chi connectivity index (χ1v) is 9.23. The van der Waals surface area contributed by atoms with Crippen molar-refractivity contribution in [2.75, 3.05) is 49.5 Å². The quantitative estimate of drug-likeness (QED) is 0.780. The van der Waals surface area contributed by atoms with Gasteiger partial charge in [0.15, 0.2) is 5.82 Å². The van der Waals surface area contributed by atoms with E-state index in [2.05, 4.69) is 70.3 Å². The molecule has 0 spiro atoms. The zero-order valence-corrected chi connectivity index (χ0v) is 15.5. The summed E-state index contributed by atoms with van der Waals surface area (Å²) in [6, 6.07) is 9.32. The number of nitrogens with one attached hydrogen (secondary N) is 1. The number of piperazine rings is 1. The molecule has 1 aromatic carbocycles. The third-order valence-corrected chi connectivity index (χ3v) is 4.62. The molecule has 1 aliphatic rings. The summed E-state index contributed by atoms with van der Waals surface area (Å²) in [6.45, 7) is 12.7. The molecule has 0 radical (unpaired) electrons. The minimum absolute atomic E-state index is 0.295. The van der Waals surface area contributed by atoms with Gasteiger partial charge in [-0.1, -0.05) is 31.1 Å². The molecule has 2 aromatic rings. The molecule has 0 amide bonds. The highest BCUT2D eigenvalue weighted by Gasteiger charge is 2.17. The van der Waals surface area contributed by atoms with Crippen molar-refractivity contribution in [3.63, 3.8) is 0 Å². The van der Waals surface area contributed by atoms with E-state index in [9.17, 15) is 0 Å². The van der Waals surface area contributed by atoms with Crippen molar-refractivity contribution in [2.45, 2.75) is 33.1 Å². The van der Waals surface area contributed by atoms with Crippen LogP contribution in [0.4, 0.5) is 11.7 Å². The minimum atomic E-state index is 0.295. The van der Waals surface area contributed by atoms with Crippen molar-refractivity contribution in [3.05, 3.63) is 35.7 Å². The van der Waals surface area contributed by atoms with Gasteiger partial charge in [-0.05, 0) is 37.6 Å². The van der Waals surface area contributed by atoms with Gasteiger partial charge in [0.05, 0.1) is 0 Å². The summed E-state index contributed by atoms with van der Waals surface area (Å²) in [7, 11) is 0. The predicted octanol–water partition coefficient (Wildman–Crippen LogP) is 3.13. The Morgan fingerprint density at radius 1 is 1.20 bits per heavy atom. The van der Waals surface area contributed by atoms with E-state index in [0.717, 1.165) is 51.5 Å². The molecular formula is C19H29N5O. The van der Waals surface area contributed by atoms with Crippen LogP contribution in [0.2, 0.25) is 0 Å². The number of rotatable bonds is 7. The van der Waals surface area contributed by atoms with Gasteiger partial charge in [0.1, 0.15) is 0 Å². The van der Waals surface area contributed by atoms with Crippen molar-refractivity contribution < 1.29 is 4.52 Å². The Bertz CT molecular complexity index is 661. The van der Waals surface area contributed by atoms with E-state index in [1.54, 1.807) is 0 Å². The predicted molar refractivity (Wildman–Crippen MR) is 101 cm³/mol. The number of benzene rings is 1. The summed E-state index contributed by atoms with van der Waals surface area (Å²) in [6.07, 6.45) is 1.07. The molecule has 1 N–H and O–H groups in total. The number of aryl methyl sites for hydroxylation is 1. The Morgan fingerprint density at radius 2 is 2.00 bits per heavy atom. The fraction of sp³-hybridized carbons (Fsp3) is 0.579. The van der Waals surface area contributed by atoms with Gasteiger partial charge in [0.2, 0.25) is 0 Å². The molecule has 6 heteroatoms. The van der Waals surface area contributed by atoms with E-state index >= 15 is 0 Å². The fourth-order valence-electron chi connectivity index (χ4n) is 3.09. The monoisotopic (exact) mass is 343 g/mol. The van der Waals surface area contributed by atoms with E-state index in [-0.39, 0.29) is 0 Å². The van der Waals surface area contributed by atoms with Crippen molar-refractivity contribution in [2.24, 2.45) is 0 Å². The second kappa shape index (κ2) is 8.34. The highest BCUT2D eigenvalue weighted by atomic mass is 16.5. The Labute approximate surface area is 150 Å². The summed E-state index contributed by atoms with van der Waals surface area (Å²) < 4.78 is 5.20. The lowest BCUT2D eigenvalue weighted by Gasteiger charge is -2.36. The smallest absolute Gasteiger partial charge is 0.321 e. The lowest BCUT2D eigenvalue weighted by atomic mass is 10.2. The van der Waals surface area contributed by atoms with Gasteiger partial charge < -0.3 is 14.7 Å². The second-order valence-electron chi connectivity index (χ2n) is 7.06. The van der Waals surface area contributed by atoms with Crippen LogP contribution in [0.3, 0.4) is 0 Å². The summed E-state index contributed by atoms with van der Waals surface area (Å²) in [5, 5.41) is 7.19. The molecule has 6 nitrogen and oxygen atoms in total. The number of nitrogens with zero attached hydrogens (tertiary/aromatic N) is 4. The number of aromatic nitrogens is 2. The van der Waals surface area contributed by atoms with E-state index in [0.29, 0.717) is 11.9 Å². The van der Waals surface area contributed by atoms with Gasteiger partial charge in [0.25, 0.3) is 0 Å². The van der Waals surface area contributed by atoms with E-state index < -0.39 is 0 Å². The average Bonchev–Trinajstić information content (AvgIpc) is 3.09. The maximum Gasteiger partial charge on any atom is 0.321 e. The average molecular weight is 343 g/mol. The van der Waals surface area contributed by atoms with Crippen molar-refractivity contribution in [3.8, 4) is 0 Å². The van der Waals surface area contributed by atoms with E-state index in [4.69, 9.17) is 4.52 Å². The molecule has 0 aliphatic carbocycles. The first kappa shape index (κ1) is 17.7. The van der Waals surface area contributed by atoms with Crippen LogP contribution in [-0.4, -0.2) is 54.3 Å². The molecule has 136 valence electrons. The number of hydrogen-bond acceptors (Lipinski definition) is 6. The lowest BCUT2D eigenvalue weighted by Crippen LogP contribution is -2.46. The molecule has 0 bridgehead atoms. The molecule has 0 atom stereocenters. The summed E-state index contributed by atoms with van der Waals surface area (Å²) >= 11 is 0. The van der Waals surface area contributed by atoms with Crippen LogP contribution in [0.25, 0.3) is 0 Å². The third-order valence-electron chi connectivity index (χ3n) is 4.62. The highest BCUT2D eigenvalue weighted by Crippen LogP contribution is 2.18. The van der Waals surface area contributed by atoms with Gasteiger partial charge in [-0.25, -0.2) is 0 Å². The summed E-state index contributed by atoms with van der Waals surface area (Å²) in [5.41, 5.74) is 2.67. The molecule has 0 saturated carbocycles. The lowest BCUT2D eigenvalue weighted by molar-refractivity contribution is 0.257. The molecule has 25 heavy (non-hydrogen) atoms. The molecular weight excluding hydrogens is 314 g/mol. The molecule has 3 rings (SSSR count). The third kappa shape index (κ3) is 4.95. The van der Waals surface area contributed by atoms with Crippen LogP contribution in [0.15, 0.2) is 28.8 Å². The molecule has 0 unspecified atom stereocenters. The first-order chi connectivity index (χ1) is 12.1. The maximum absolute atomic E-state index is 5.20. The molecule has 2 heterocycles. The van der Waals surface area contributed by atoms with Gasteiger partial charge in [-0.15, -0.1) is 0 Å². The molecule has 1 aliphatic heterocycles. The van der Waals surface area contributed by atoms with Gasteiger partial charge in [0, 0.05) is 44.3 Å². The van der Waals surface area contributed by atoms with Crippen molar-refractivity contribution >= 4 is 11.7 Å². The van der Waals surface area contributed by atoms with Crippen molar-refractivity contribution in [1.29, 1.82) is 0 Å². The molecule has 1 aromatic heterocycles. The second-order valence-corrected chi connectivity index (χ2v) is 7.06. The summed E-state index contributed by atoms with van der Waals surface area (Å²) in [4.78, 5) is 9.34. The van der Waals surface area contributed by atoms with Gasteiger partial charge >= 0.3 is 6.01 Å². The number of anilines is 2. The highest BCUT2D eigenvalue weighted by molar-refractivity contribution is 5.48. The molecule has 1 fully saturated rings. The molecule has 1 saturated heterocycles. The van der Waals surface area contributed by atoms with Gasteiger partial charge in [-0.3, -0.25) is 4.90 Å². The zero-order chi connectivity index (χ0) is 17.6. The number of hydrogen-bond donors (Lipinski definition) is 1. The Balaban J connectivity index is 1.35. The fourth-order valence-corrected chi connectivity index (χ4v) is 3.09. The van der Waals surface area contributed by atoms with Crippen LogP contribution >= 0.6 is 0 Å². The SMILES string of the molecule is Cc1cccc(N2CCN(CCCNc3nc(C(C)C)no3)CC2)c1. The summed E-state index contributed by atoms with van der Waals surface area (Å²) in [5.74, 6) is 1.05.